The molecule has 2 N–H and O–H groups in total. The lowest BCUT2D eigenvalue weighted by Gasteiger charge is -2.28. The number of halogens is 2. The molecule has 0 bridgehead atoms. The summed E-state index contributed by atoms with van der Waals surface area (Å²) in [5, 5.41) is 13.9. The van der Waals surface area contributed by atoms with E-state index in [9.17, 15) is 14.3 Å². The molecule has 10 heteroatoms. The molecule has 2 aliphatic rings. The van der Waals surface area contributed by atoms with Gasteiger partial charge in [-0.25, -0.2) is 18.7 Å². The molecule has 3 aromatic rings. The van der Waals surface area contributed by atoms with Crippen LogP contribution in [-0.2, 0) is 11.3 Å². The number of fused-ring (bicyclic) bond motifs is 1. The molecule has 2 saturated heterocycles. The normalized spacial score (nSPS) is 22.5. The highest BCUT2D eigenvalue weighted by molar-refractivity contribution is 5.89. The highest BCUT2D eigenvalue weighted by Gasteiger charge is 2.27. The van der Waals surface area contributed by atoms with Crippen LogP contribution >= 0.6 is 0 Å². The van der Waals surface area contributed by atoms with Crippen molar-refractivity contribution in [3.8, 4) is 11.3 Å². The molecule has 1 aromatic carbocycles. The first kappa shape index (κ1) is 26.6. The fourth-order valence-electron chi connectivity index (χ4n) is 5.69. The van der Waals surface area contributed by atoms with E-state index in [1.165, 1.54) is 0 Å². The van der Waals surface area contributed by atoms with E-state index in [4.69, 9.17) is 4.74 Å². The monoisotopic (exact) mass is 527 g/mol. The predicted octanol–water partition coefficient (Wildman–Crippen LogP) is 3.90. The van der Waals surface area contributed by atoms with Crippen molar-refractivity contribution in [2.75, 3.05) is 31.6 Å². The van der Waals surface area contributed by atoms with Crippen LogP contribution in [0.1, 0.15) is 49.6 Å². The summed E-state index contributed by atoms with van der Waals surface area (Å²) in [5.74, 6) is -0.366. The third-order valence-corrected chi connectivity index (χ3v) is 7.73. The van der Waals surface area contributed by atoms with Crippen LogP contribution in [0.5, 0.6) is 0 Å². The van der Waals surface area contributed by atoms with Crippen molar-refractivity contribution < 1.29 is 18.6 Å². The Bertz CT molecular complexity index is 1410. The van der Waals surface area contributed by atoms with Crippen LogP contribution in [0, 0.1) is 19.7 Å². The number of nitrogens with one attached hydrogen (secondary N) is 1. The maximum atomic E-state index is 15.1. The molecule has 0 saturated carbocycles. The van der Waals surface area contributed by atoms with Crippen molar-refractivity contribution >= 4 is 16.9 Å². The first-order valence-corrected chi connectivity index (χ1v) is 13.2. The van der Waals surface area contributed by atoms with Gasteiger partial charge < -0.3 is 19.7 Å². The van der Waals surface area contributed by atoms with Crippen LogP contribution < -0.4 is 10.7 Å². The van der Waals surface area contributed by atoms with Crippen molar-refractivity contribution in [3.63, 3.8) is 0 Å². The molecule has 3 atom stereocenters. The standard InChI is InChI=1S/C28H35F2N5O3/c1-15(2)35-23(13-34-9-7-18(29)12-34)17(4)27(37)20-6-5-19(16(3)26(20)35)25-21(30)11-31-28(33-25)32-22-8-10-38-14-24(22)36/h5-6,11,15,18,22,24,36H,7-10,12-14H2,1-4H3,(H,31,32,33)/t18-,22+,24+/m0/s1. The van der Waals surface area contributed by atoms with Crippen LogP contribution in [0.25, 0.3) is 22.2 Å². The fourth-order valence-corrected chi connectivity index (χ4v) is 5.69. The van der Waals surface area contributed by atoms with Crippen LogP contribution in [0.4, 0.5) is 14.7 Å². The van der Waals surface area contributed by atoms with Gasteiger partial charge in [-0.15, -0.1) is 0 Å². The zero-order chi connectivity index (χ0) is 27.1. The lowest BCUT2D eigenvalue weighted by molar-refractivity contribution is -0.0136. The zero-order valence-corrected chi connectivity index (χ0v) is 22.3. The van der Waals surface area contributed by atoms with Gasteiger partial charge in [0, 0.05) is 54.5 Å². The number of nitrogens with zero attached hydrogens (tertiary/aromatic N) is 4. The Morgan fingerprint density at radius 2 is 2.03 bits per heavy atom. The summed E-state index contributed by atoms with van der Waals surface area (Å²) < 4.78 is 36.5. The Balaban J connectivity index is 1.63. The molecule has 4 heterocycles. The van der Waals surface area contributed by atoms with E-state index in [0.717, 1.165) is 23.0 Å². The molecule has 2 aromatic heterocycles. The number of rotatable bonds is 6. The maximum Gasteiger partial charge on any atom is 0.223 e. The van der Waals surface area contributed by atoms with E-state index in [0.29, 0.717) is 55.6 Å². The number of pyridine rings is 1. The first-order chi connectivity index (χ1) is 18.2. The van der Waals surface area contributed by atoms with Gasteiger partial charge in [-0.1, -0.05) is 6.07 Å². The van der Waals surface area contributed by atoms with Crippen molar-refractivity contribution in [1.29, 1.82) is 0 Å². The summed E-state index contributed by atoms with van der Waals surface area (Å²) in [5.41, 5.74) is 3.56. The highest BCUT2D eigenvalue weighted by Crippen LogP contribution is 2.33. The van der Waals surface area contributed by atoms with Crippen molar-refractivity contribution in [1.82, 2.24) is 19.4 Å². The second-order valence-electron chi connectivity index (χ2n) is 10.7. The number of alkyl halides is 1. The van der Waals surface area contributed by atoms with E-state index in [1.807, 2.05) is 32.6 Å². The summed E-state index contributed by atoms with van der Waals surface area (Å²) in [6.45, 7) is 10.00. The molecule has 0 radical (unpaired) electrons. The number of hydrogen-bond acceptors (Lipinski definition) is 7. The quantitative estimate of drug-likeness (QED) is 0.502. The van der Waals surface area contributed by atoms with Gasteiger partial charge >= 0.3 is 0 Å². The van der Waals surface area contributed by atoms with Gasteiger partial charge in [-0.3, -0.25) is 9.69 Å². The van der Waals surface area contributed by atoms with Crippen molar-refractivity contribution in [3.05, 3.63) is 51.2 Å². The van der Waals surface area contributed by atoms with E-state index in [-0.39, 0.29) is 35.8 Å². The summed E-state index contributed by atoms with van der Waals surface area (Å²) >= 11 is 0. The molecule has 2 aliphatic heterocycles. The minimum atomic E-state index is -0.853. The molecular formula is C28H35F2N5O3. The van der Waals surface area contributed by atoms with E-state index in [1.54, 1.807) is 12.1 Å². The molecule has 204 valence electrons. The largest absolute Gasteiger partial charge is 0.389 e. The average molecular weight is 528 g/mol. The first-order valence-electron chi connectivity index (χ1n) is 13.2. The maximum absolute atomic E-state index is 15.1. The molecule has 38 heavy (non-hydrogen) atoms. The Kier molecular flexibility index (Phi) is 7.48. The van der Waals surface area contributed by atoms with Crippen molar-refractivity contribution in [2.24, 2.45) is 0 Å². The molecule has 0 unspecified atom stereocenters. The number of anilines is 1. The van der Waals surface area contributed by atoms with Crippen LogP contribution in [0.3, 0.4) is 0 Å². The van der Waals surface area contributed by atoms with Gasteiger partial charge in [0.2, 0.25) is 5.95 Å². The topological polar surface area (TPSA) is 92.5 Å². The number of benzene rings is 1. The van der Waals surface area contributed by atoms with Gasteiger partial charge in [0.1, 0.15) is 11.9 Å². The molecule has 0 aliphatic carbocycles. The number of aromatic nitrogens is 3. The van der Waals surface area contributed by atoms with Crippen LogP contribution in [0.2, 0.25) is 0 Å². The molecule has 0 amide bonds. The van der Waals surface area contributed by atoms with Gasteiger partial charge in [0.25, 0.3) is 0 Å². The van der Waals surface area contributed by atoms with Crippen LogP contribution in [-0.4, -0.2) is 69.2 Å². The van der Waals surface area contributed by atoms with Gasteiger partial charge in [0.15, 0.2) is 11.2 Å². The summed E-state index contributed by atoms with van der Waals surface area (Å²) in [7, 11) is 0. The third kappa shape index (κ3) is 4.92. The van der Waals surface area contributed by atoms with Gasteiger partial charge in [-0.2, -0.15) is 0 Å². The van der Waals surface area contributed by atoms with Crippen LogP contribution in [0.15, 0.2) is 23.1 Å². The zero-order valence-electron chi connectivity index (χ0n) is 22.3. The summed E-state index contributed by atoms with van der Waals surface area (Å²) in [6, 6.07) is 3.17. The van der Waals surface area contributed by atoms with Gasteiger partial charge in [0.05, 0.1) is 30.5 Å². The molecule has 5 rings (SSSR count). The number of aliphatic hydroxyl groups is 1. The third-order valence-electron chi connectivity index (χ3n) is 7.73. The number of likely N-dealkylation sites (tertiary alicyclic amines) is 1. The minimum absolute atomic E-state index is 0.00649. The van der Waals surface area contributed by atoms with E-state index in [2.05, 4.69) is 19.9 Å². The predicted molar refractivity (Wildman–Crippen MR) is 143 cm³/mol. The Labute approximate surface area is 220 Å². The molecule has 8 nitrogen and oxygen atoms in total. The molecule has 2 fully saturated rings. The number of aryl methyl sites for hydroxylation is 1. The number of aliphatic hydroxyl groups excluding tert-OH is 1. The molecular weight excluding hydrogens is 492 g/mol. The van der Waals surface area contributed by atoms with Gasteiger partial charge in [-0.05, 0) is 52.2 Å². The molecule has 0 spiro atoms. The second kappa shape index (κ2) is 10.7. The second-order valence-corrected chi connectivity index (χ2v) is 10.7. The summed E-state index contributed by atoms with van der Waals surface area (Å²) in [6.07, 6.45) is 0.630. The van der Waals surface area contributed by atoms with Crippen molar-refractivity contribution in [2.45, 2.75) is 71.4 Å². The fraction of sp³-hybridized carbons (Fsp3) is 0.536. The lowest BCUT2D eigenvalue weighted by Crippen LogP contribution is -2.42. The Morgan fingerprint density at radius 1 is 1.24 bits per heavy atom. The lowest BCUT2D eigenvalue weighted by atomic mass is 9.97. The minimum Gasteiger partial charge on any atom is -0.389 e. The highest BCUT2D eigenvalue weighted by atomic mass is 19.1. The Morgan fingerprint density at radius 3 is 2.71 bits per heavy atom. The van der Waals surface area contributed by atoms with E-state index < -0.39 is 18.1 Å². The Hall–Kier alpha value is -2.95. The SMILES string of the molecule is Cc1c(CN2CC[C@H](F)C2)n(C(C)C)c2c(C)c(-c3nc(N[C@@H]4CCOC[C@H]4O)ncc3F)ccc2c1=O. The average Bonchev–Trinajstić information content (AvgIpc) is 3.30. The smallest absolute Gasteiger partial charge is 0.223 e. The number of ether oxygens (including phenoxy) is 1. The number of hydrogen-bond donors (Lipinski definition) is 2. The summed E-state index contributed by atoms with van der Waals surface area (Å²) in [4.78, 5) is 24.1. The van der Waals surface area contributed by atoms with E-state index >= 15 is 4.39 Å².